The summed E-state index contributed by atoms with van der Waals surface area (Å²) in [6.07, 6.45) is 1.51. The molecule has 0 radical (unpaired) electrons. The summed E-state index contributed by atoms with van der Waals surface area (Å²) < 4.78 is 5.26. The van der Waals surface area contributed by atoms with E-state index in [0.717, 1.165) is 17.9 Å². The fourth-order valence-electron chi connectivity index (χ4n) is 2.57. The standard InChI is InChI=1S/C17H25ClN2O2/c1-11(12-6-5-7-13(18)8-12)19-14-9-15(10-14)20-16(21)22-17(2,3)4/h5-8,11,14-15,19H,9-10H2,1-4H3,(H,20,21)/t11-,14?,15?/m1/s1. The number of alkyl carbamates (subject to hydrolysis) is 1. The second kappa shape index (κ2) is 6.88. The summed E-state index contributed by atoms with van der Waals surface area (Å²) in [6.45, 7) is 7.72. The van der Waals surface area contributed by atoms with E-state index in [1.54, 1.807) is 0 Å². The molecule has 122 valence electrons. The number of hydrogen-bond acceptors (Lipinski definition) is 3. The lowest BCUT2D eigenvalue weighted by Crippen LogP contribution is -2.53. The molecule has 1 aliphatic rings. The van der Waals surface area contributed by atoms with Crippen LogP contribution in [0.4, 0.5) is 4.79 Å². The predicted octanol–water partition coefficient (Wildman–Crippen LogP) is 4.05. The minimum absolute atomic E-state index is 0.193. The van der Waals surface area contributed by atoms with Crippen molar-refractivity contribution in [1.29, 1.82) is 0 Å². The SMILES string of the molecule is C[C@@H](NC1CC(NC(=O)OC(C)(C)C)C1)c1cccc(Cl)c1. The van der Waals surface area contributed by atoms with E-state index in [1.807, 2.05) is 39.0 Å². The van der Waals surface area contributed by atoms with Gasteiger partial charge in [-0.05, 0) is 58.2 Å². The second-order valence-corrected chi connectivity index (χ2v) is 7.39. The van der Waals surface area contributed by atoms with Gasteiger partial charge in [0.05, 0.1) is 0 Å². The molecule has 22 heavy (non-hydrogen) atoms. The Morgan fingerprint density at radius 3 is 2.59 bits per heavy atom. The van der Waals surface area contributed by atoms with Crippen LogP contribution in [0.2, 0.25) is 5.02 Å². The van der Waals surface area contributed by atoms with Crippen LogP contribution in [0.25, 0.3) is 0 Å². The van der Waals surface area contributed by atoms with E-state index in [1.165, 1.54) is 5.56 Å². The average Bonchev–Trinajstić information content (AvgIpc) is 2.33. The van der Waals surface area contributed by atoms with Crippen LogP contribution in [0.3, 0.4) is 0 Å². The maximum absolute atomic E-state index is 11.7. The van der Waals surface area contributed by atoms with Gasteiger partial charge in [0, 0.05) is 23.1 Å². The zero-order chi connectivity index (χ0) is 16.3. The molecule has 1 fully saturated rings. The van der Waals surface area contributed by atoms with Gasteiger partial charge in [0.2, 0.25) is 0 Å². The van der Waals surface area contributed by atoms with Gasteiger partial charge in [-0.2, -0.15) is 0 Å². The van der Waals surface area contributed by atoms with E-state index in [-0.39, 0.29) is 18.2 Å². The van der Waals surface area contributed by atoms with Gasteiger partial charge in [-0.1, -0.05) is 23.7 Å². The molecule has 1 aliphatic carbocycles. The Morgan fingerprint density at radius 1 is 1.32 bits per heavy atom. The van der Waals surface area contributed by atoms with Crippen LogP contribution in [0.15, 0.2) is 24.3 Å². The highest BCUT2D eigenvalue weighted by atomic mass is 35.5. The van der Waals surface area contributed by atoms with Gasteiger partial charge in [-0.3, -0.25) is 0 Å². The third kappa shape index (κ3) is 5.18. The fraction of sp³-hybridized carbons (Fsp3) is 0.588. The minimum atomic E-state index is -0.452. The lowest BCUT2D eigenvalue weighted by Gasteiger charge is -2.38. The van der Waals surface area contributed by atoms with Crippen molar-refractivity contribution in [3.8, 4) is 0 Å². The molecule has 0 spiro atoms. The fourth-order valence-corrected chi connectivity index (χ4v) is 2.77. The Bertz CT molecular complexity index is 522. The molecule has 0 heterocycles. The van der Waals surface area contributed by atoms with Crippen LogP contribution in [0, 0.1) is 0 Å². The molecule has 2 N–H and O–H groups in total. The lowest BCUT2D eigenvalue weighted by molar-refractivity contribution is 0.0463. The van der Waals surface area contributed by atoms with Gasteiger partial charge in [-0.25, -0.2) is 4.79 Å². The first-order valence-corrected chi connectivity index (χ1v) is 8.12. The number of halogens is 1. The highest BCUT2D eigenvalue weighted by Gasteiger charge is 2.32. The summed E-state index contributed by atoms with van der Waals surface area (Å²) in [4.78, 5) is 11.7. The number of carbonyl (C=O) groups is 1. The lowest BCUT2D eigenvalue weighted by atomic mass is 9.86. The van der Waals surface area contributed by atoms with Gasteiger partial charge in [-0.15, -0.1) is 0 Å². The van der Waals surface area contributed by atoms with E-state index in [0.29, 0.717) is 6.04 Å². The number of amides is 1. The summed E-state index contributed by atoms with van der Waals surface area (Å²) in [7, 11) is 0. The monoisotopic (exact) mass is 324 g/mol. The normalized spacial score (nSPS) is 22.6. The van der Waals surface area contributed by atoms with E-state index >= 15 is 0 Å². The molecule has 0 bridgehead atoms. The first-order valence-electron chi connectivity index (χ1n) is 7.74. The van der Waals surface area contributed by atoms with Crippen molar-refractivity contribution in [1.82, 2.24) is 10.6 Å². The summed E-state index contributed by atoms with van der Waals surface area (Å²) in [5.74, 6) is 0. The van der Waals surface area contributed by atoms with Crippen molar-refractivity contribution in [2.45, 2.75) is 64.3 Å². The minimum Gasteiger partial charge on any atom is -0.444 e. The molecule has 5 heteroatoms. The van der Waals surface area contributed by atoms with Crippen molar-refractivity contribution in [3.63, 3.8) is 0 Å². The molecule has 1 atom stereocenters. The van der Waals surface area contributed by atoms with Gasteiger partial charge >= 0.3 is 6.09 Å². The molecule has 0 saturated heterocycles. The number of rotatable bonds is 4. The topological polar surface area (TPSA) is 50.4 Å². The molecular formula is C17H25ClN2O2. The Balaban J connectivity index is 1.72. The largest absolute Gasteiger partial charge is 0.444 e. The number of benzene rings is 1. The number of hydrogen-bond donors (Lipinski definition) is 2. The Kier molecular flexibility index (Phi) is 5.35. The summed E-state index contributed by atoms with van der Waals surface area (Å²) >= 11 is 6.02. The van der Waals surface area contributed by atoms with E-state index < -0.39 is 5.60 Å². The first kappa shape index (κ1) is 17.1. The van der Waals surface area contributed by atoms with Crippen molar-refractivity contribution < 1.29 is 9.53 Å². The van der Waals surface area contributed by atoms with Gasteiger partial charge < -0.3 is 15.4 Å². The third-order valence-electron chi connectivity index (χ3n) is 3.69. The zero-order valence-corrected chi connectivity index (χ0v) is 14.4. The van der Waals surface area contributed by atoms with Crippen molar-refractivity contribution >= 4 is 17.7 Å². The first-order chi connectivity index (χ1) is 10.2. The molecule has 1 saturated carbocycles. The van der Waals surface area contributed by atoms with Gasteiger partial charge in [0.1, 0.15) is 5.60 Å². The van der Waals surface area contributed by atoms with Gasteiger partial charge in [0.25, 0.3) is 0 Å². The molecule has 0 unspecified atom stereocenters. The maximum Gasteiger partial charge on any atom is 0.407 e. The molecule has 1 aromatic rings. The highest BCUT2D eigenvalue weighted by Crippen LogP contribution is 2.25. The van der Waals surface area contributed by atoms with Crippen molar-refractivity contribution in [3.05, 3.63) is 34.9 Å². The quantitative estimate of drug-likeness (QED) is 0.878. The van der Waals surface area contributed by atoms with E-state index in [4.69, 9.17) is 16.3 Å². The predicted molar refractivity (Wildman–Crippen MR) is 89.2 cm³/mol. The molecular weight excluding hydrogens is 300 g/mol. The van der Waals surface area contributed by atoms with Crippen LogP contribution in [-0.4, -0.2) is 23.8 Å². The summed E-state index contributed by atoms with van der Waals surface area (Å²) in [5, 5.41) is 7.22. The highest BCUT2D eigenvalue weighted by molar-refractivity contribution is 6.30. The Labute approximate surface area is 137 Å². The summed E-state index contributed by atoms with van der Waals surface area (Å²) in [6, 6.07) is 8.73. The average molecular weight is 325 g/mol. The smallest absolute Gasteiger partial charge is 0.407 e. The van der Waals surface area contributed by atoms with Crippen LogP contribution in [0.1, 0.15) is 52.1 Å². The van der Waals surface area contributed by atoms with E-state index in [2.05, 4.69) is 23.6 Å². The zero-order valence-electron chi connectivity index (χ0n) is 13.7. The molecule has 0 aliphatic heterocycles. The molecule has 1 aromatic carbocycles. The third-order valence-corrected chi connectivity index (χ3v) is 3.93. The van der Waals surface area contributed by atoms with Crippen LogP contribution in [-0.2, 0) is 4.74 Å². The molecule has 1 amide bonds. The number of ether oxygens (including phenoxy) is 1. The van der Waals surface area contributed by atoms with Crippen LogP contribution >= 0.6 is 11.6 Å². The van der Waals surface area contributed by atoms with Crippen LogP contribution < -0.4 is 10.6 Å². The van der Waals surface area contributed by atoms with Crippen molar-refractivity contribution in [2.24, 2.45) is 0 Å². The Morgan fingerprint density at radius 2 is 2.00 bits per heavy atom. The number of nitrogens with one attached hydrogen (secondary N) is 2. The molecule has 4 nitrogen and oxygen atoms in total. The second-order valence-electron chi connectivity index (χ2n) is 6.95. The van der Waals surface area contributed by atoms with Gasteiger partial charge in [0.15, 0.2) is 0 Å². The maximum atomic E-state index is 11.7. The van der Waals surface area contributed by atoms with Crippen molar-refractivity contribution in [2.75, 3.05) is 0 Å². The Hall–Kier alpha value is -1.26. The molecule has 0 aromatic heterocycles. The number of carbonyl (C=O) groups excluding carboxylic acids is 1. The van der Waals surface area contributed by atoms with E-state index in [9.17, 15) is 4.79 Å². The molecule has 2 rings (SSSR count). The van der Waals surface area contributed by atoms with Crippen LogP contribution in [0.5, 0.6) is 0 Å². The summed E-state index contributed by atoms with van der Waals surface area (Å²) in [5.41, 5.74) is 0.725.